The summed E-state index contributed by atoms with van der Waals surface area (Å²) in [5.41, 5.74) is 6.60. The predicted molar refractivity (Wildman–Crippen MR) is 152 cm³/mol. The van der Waals surface area contributed by atoms with Crippen LogP contribution >= 0.6 is 11.3 Å². The highest BCUT2D eigenvalue weighted by Gasteiger charge is 2.19. The van der Waals surface area contributed by atoms with Crippen LogP contribution in [0.3, 0.4) is 0 Å². The molecule has 0 saturated heterocycles. The standard InChI is InChI=1S/C17H23NOS.C14H11F2NO2/c1-3-13(4-2)7-9-18-12-16(19)14-5-6-17-15(11-14)8-10-20-17;15-11-5-1-3-9(7-11)13(19-14(17)18)10-4-2-6-12(16)8-10/h5-6,8,10-11,13,18H,3-4,7,9,12H2,1-2H3;1-8,13H,(H2,17,18)/p+1. The molecule has 0 aliphatic carbocycles. The van der Waals surface area contributed by atoms with Crippen LogP contribution in [-0.4, -0.2) is 25.0 Å². The topological polar surface area (TPSA) is 86.0 Å². The Morgan fingerprint density at radius 2 is 1.56 bits per heavy atom. The number of fused-ring (bicyclic) bond motifs is 1. The van der Waals surface area contributed by atoms with Crippen LogP contribution in [0.25, 0.3) is 10.1 Å². The lowest BCUT2D eigenvalue weighted by Gasteiger charge is -2.17. The van der Waals surface area contributed by atoms with Crippen LogP contribution in [0, 0.1) is 17.6 Å². The Morgan fingerprint density at radius 3 is 2.13 bits per heavy atom. The van der Waals surface area contributed by atoms with E-state index in [2.05, 4.69) is 36.7 Å². The number of carbonyl (C=O) groups is 2. The molecule has 0 radical (unpaired) electrons. The second-order valence-electron chi connectivity index (χ2n) is 9.28. The summed E-state index contributed by atoms with van der Waals surface area (Å²) in [6.07, 6.45) is 1.74. The van der Waals surface area contributed by atoms with Gasteiger partial charge < -0.3 is 15.8 Å². The highest BCUT2D eigenvalue weighted by molar-refractivity contribution is 7.17. The Labute approximate surface area is 232 Å². The number of hydrogen-bond acceptors (Lipinski definition) is 4. The first-order chi connectivity index (χ1) is 18.8. The Morgan fingerprint density at radius 1 is 0.923 bits per heavy atom. The zero-order chi connectivity index (χ0) is 28.2. The number of hydrogen-bond donors (Lipinski definition) is 2. The van der Waals surface area contributed by atoms with E-state index in [1.54, 1.807) is 23.5 Å². The van der Waals surface area contributed by atoms with Gasteiger partial charge in [-0.25, -0.2) is 13.6 Å². The molecule has 0 bridgehead atoms. The molecule has 1 amide bonds. The third-order valence-corrected chi connectivity index (χ3v) is 7.47. The second kappa shape index (κ2) is 15.1. The lowest BCUT2D eigenvalue weighted by molar-refractivity contribution is -0.643. The van der Waals surface area contributed by atoms with Crippen molar-refractivity contribution in [1.82, 2.24) is 0 Å². The third kappa shape index (κ3) is 9.26. The maximum absolute atomic E-state index is 13.2. The van der Waals surface area contributed by atoms with Gasteiger partial charge in [-0.1, -0.05) is 51.0 Å². The number of quaternary nitrogens is 1. The van der Waals surface area contributed by atoms with Crippen molar-refractivity contribution in [3.8, 4) is 0 Å². The van der Waals surface area contributed by atoms with Gasteiger partial charge in [-0.2, -0.15) is 0 Å². The molecular formula is C31H35F2N2O3S+. The normalized spacial score (nSPS) is 10.9. The highest BCUT2D eigenvalue weighted by atomic mass is 32.1. The van der Waals surface area contributed by atoms with Gasteiger partial charge in [-0.3, -0.25) is 4.79 Å². The quantitative estimate of drug-likeness (QED) is 0.162. The van der Waals surface area contributed by atoms with Crippen LogP contribution in [0.4, 0.5) is 13.6 Å². The fraction of sp³-hybridized carbons (Fsp3) is 0.290. The monoisotopic (exact) mass is 553 g/mol. The van der Waals surface area contributed by atoms with Crippen LogP contribution in [0.2, 0.25) is 0 Å². The Hall–Kier alpha value is -3.62. The van der Waals surface area contributed by atoms with Crippen molar-refractivity contribution in [2.24, 2.45) is 11.7 Å². The molecule has 4 N–H and O–H groups in total. The first kappa shape index (κ1) is 29.9. The summed E-state index contributed by atoms with van der Waals surface area (Å²) < 4.78 is 32.6. The number of thiophene rings is 1. The van der Waals surface area contributed by atoms with E-state index in [1.165, 1.54) is 65.7 Å². The minimum atomic E-state index is -1.02. The minimum Gasteiger partial charge on any atom is -0.437 e. The fourth-order valence-electron chi connectivity index (χ4n) is 4.33. The number of ether oxygens (including phenoxy) is 1. The van der Waals surface area contributed by atoms with Crippen molar-refractivity contribution < 1.29 is 28.4 Å². The summed E-state index contributed by atoms with van der Waals surface area (Å²) in [4.78, 5) is 23.1. The van der Waals surface area contributed by atoms with Crippen LogP contribution in [0.1, 0.15) is 60.7 Å². The van der Waals surface area contributed by atoms with Gasteiger partial charge in [-0.05, 0) is 82.8 Å². The molecule has 206 valence electrons. The van der Waals surface area contributed by atoms with Gasteiger partial charge in [0.15, 0.2) is 6.10 Å². The average molecular weight is 554 g/mol. The molecule has 1 heterocycles. The molecule has 0 fully saturated rings. The van der Waals surface area contributed by atoms with Crippen molar-refractivity contribution >= 4 is 33.3 Å². The molecule has 0 saturated carbocycles. The zero-order valence-corrected chi connectivity index (χ0v) is 23.1. The molecule has 8 heteroatoms. The van der Waals surface area contributed by atoms with Gasteiger partial charge in [0.05, 0.1) is 6.54 Å². The van der Waals surface area contributed by atoms with E-state index < -0.39 is 23.8 Å². The molecule has 0 spiro atoms. The first-order valence-electron chi connectivity index (χ1n) is 13.1. The number of ketones is 1. The number of halogens is 2. The fourth-order valence-corrected chi connectivity index (χ4v) is 5.10. The number of nitrogens with two attached hydrogens (primary N) is 2. The van der Waals surface area contributed by atoms with Gasteiger partial charge in [-0.15, -0.1) is 11.3 Å². The molecule has 3 aromatic carbocycles. The third-order valence-electron chi connectivity index (χ3n) is 6.57. The van der Waals surface area contributed by atoms with Crippen LogP contribution in [0.5, 0.6) is 0 Å². The Kier molecular flexibility index (Phi) is 11.6. The smallest absolute Gasteiger partial charge is 0.405 e. The summed E-state index contributed by atoms with van der Waals surface area (Å²) in [6, 6.07) is 19.1. The molecule has 0 aliphatic rings. The van der Waals surface area contributed by atoms with Gasteiger partial charge in [0.2, 0.25) is 5.78 Å². The minimum absolute atomic E-state index is 0.239. The summed E-state index contributed by atoms with van der Waals surface area (Å²) in [6.45, 7) is 6.11. The average Bonchev–Trinajstić information content (AvgIpc) is 3.40. The molecule has 4 aromatic rings. The van der Waals surface area contributed by atoms with Crippen LogP contribution in [0.15, 0.2) is 78.2 Å². The Balaban J connectivity index is 0.000000216. The number of rotatable bonds is 11. The van der Waals surface area contributed by atoms with E-state index in [9.17, 15) is 18.4 Å². The molecule has 5 nitrogen and oxygen atoms in total. The van der Waals surface area contributed by atoms with Crippen LogP contribution < -0.4 is 11.1 Å². The van der Waals surface area contributed by atoms with E-state index >= 15 is 0 Å². The number of Topliss-reactive ketones (excluding diaryl/α,β-unsaturated/α-hetero) is 1. The van der Waals surface area contributed by atoms with Gasteiger partial charge in [0.25, 0.3) is 0 Å². The molecule has 4 rings (SSSR count). The SMILES string of the molecule is CCC(CC)CC[NH2+]CC(=O)c1ccc2sccc2c1.NC(=O)OC(c1cccc(F)c1)c1cccc(F)c1. The van der Waals surface area contributed by atoms with Crippen molar-refractivity contribution in [3.63, 3.8) is 0 Å². The lowest BCUT2D eigenvalue weighted by Crippen LogP contribution is -2.86. The molecule has 0 atom stereocenters. The molecular weight excluding hydrogens is 518 g/mol. The van der Waals surface area contributed by atoms with E-state index in [0.717, 1.165) is 18.0 Å². The predicted octanol–water partition coefficient (Wildman–Crippen LogP) is 6.62. The van der Waals surface area contributed by atoms with Crippen molar-refractivity contribution in [1.29, 1.82) is 0 Å². The molecule has 0 aliphatic heterocycles. The highest BCUT2D eigenvalue weighted by Crippen LogP contribution is 2.27. The number of amides is 1. The van der Waals surface area contributed by atoms with Gasteiger partial charge in [0.1, 0.15) is 18.2 Å². The van der Waals surface area contributed by atoms with Crippen molar-refractivity contribution in [3.05, 3.63) is 107 Å². The van der Waals surface area contributed by atoms with E-state index in [4.69, 9.17) is 10.5 Å². The van der Waals surface area contributed by atoms with E-state index in [-0.39, 0.29) is 5.78 Å². The maximum Gasteiger partial charge on any atom is 0.405 e. The maximum atomic E-state index is 13.2. The molecule has 0 unspecified atom stereocenters. The summed E-state index contributed by atoms with van der Waals surface area (Å²) in [7, 11) is 0. The summed E-state index contributed by atoms with van der Waals surface area (Å²) >= 11 is 1.72. The number of carbonyl (C=O) groups excluding carboxylic acids is 2. The zero-order valence-electron chi connectivity index (χ0n) is 22.2. The molecule has 1 aromatic heterocycles. The number of benzene rings is 3. The first-order valence-corrected chi connectivity index (χ1v) is 14.0. The Bertz CT molecular complexity index is 1330. The largest absolute Gasteiger partial charge is 0.437 e. The summed E-state index contributed by atoms with van der Waals surface area (Å²) in [5.74, 6) is 0.0881. The van der Waals surface area contributed by atoms with Gasteiger partial charge >= 0.3 is 6.09 Å². The summed E-state index contributed by atoms with van der Waals surface area (Å²) in [5, 5.41) is 5.40. The number of primary amides is 1. The van der Waals surface area contributed by atoms with Crippen molar-refractivity contribution in [2.45, 2.75) is 39.2 Å². The van der Waals surface area contributed by atoms with Gasteiger partial charge in [0, 0.05) is 10.3 Å². The van der Waals surface area contributed by atoms with E-state index in [1.807, 2.05) is 12.1 Å². The van der Waals surface area contributed by atoms with Crippen molar-refractivity contribution in [2.75, 3.05) is 13.1 Å². The van der Waals surface area contributed by atoms with Crippen LogP contribution in [-0.2, 0) is 4.74 Å². The lowest BCUT2D eigenvalue weighted by atomic mass is 10.00. The van der Waals surface area contributed by atoms with E-state index in [0.29, 0.717) is 17.7 Å². The molecule has 39 heavy (non-hydrogen) atoms. The second-order valence-corrected chi connectivity index (χ2v) is 10.2.